The second-order valence-electron chi connectivity index (χ2n) is 4.19. The molecule has 0 spiro atoms. The van der Waals surface area contributed by atoms with Crippen LogP contribution in [0.2, 0.25) is 0 Å². The Morgan fingerprint density at radius 2 is 2.07 bits per heavy atom. The summed E-state index contributed by atoms with van der Waals surface area (Å²) in [5.74, 6) is 6.84. The van der Waals surface area contributed by atoms with Crippen molar-refractivity contribution in [2.75, 3.05) is 13.1 Å². The molecule has 0 aliphatic rings. The molecule has 0 bridgehead atoms. The van der Waals surface area contributed by atoms with Crippen LogP contribution in [0.3, 0.4) is 0 Å². The summed E-state index contributed by atoms with van der Waals surface area (Å²) in [7, 11) is 0. The molecule has 0 saturated carbocycles. The number of hydrogen-bond acceptors (Lipinski definition) is 2. The van der Waals surface area contributed by atoms with Gasteiger partial charge < -0.3 is 5.32 Å². The second kappa shape index (κ2) is 9.77. The van der Waals surface area contributed by atoms with E-state index in [0.717, 1.165) is 25.4 Å². The molecule has 90 valence electrons. The minimum Gasteiger partial charge on any atom is -0.355 e. The normalized spacial score (nSPS) is 11.9. The maximum Gasteiger partial charge on any atom is 0.205 e. The van der Waals surface area contributed by atoms with Crippen molar-refractivity contribution >= 4 is 5.96 Å². The Morgan fingerprint density at radius 1 is 1.33 bits per heavy atom. The number of guanidine groups is 1. The lowest BCUT2D eigenvalue weighted by molar-refractivity contribution is 0.534. The van der Waals surface area contributed by atoms with Gasteiger partial charge in [0.1, 0.15) is 0 Å². The summed E-state index contributed by atoms with van der Waals surface area (Å²) in [5, 5.41) is 3.19. The van der Waals surface area contributed by atoms with E-state index in [9.17, 15) is 0 Å². The number of hydrogen-bond donors (Lipinski definition) is 3. The average Bonchev–Trinajstić information content (AvgIpc) is 2.21. The van der Waals surface area contributed by atoms with E-state index in [2.05, 4.69) is 36.5 Å². The predicted octanol–water partition coefficient (Wildman–Crippen LogP) is 1.63. The van der Waals surface area contributed by atoms with E-state index in [0.29, 0.717) is 5.96 Å². The van der Waals surface area contributed by atoms with Crippen molar-refractivity contribution in [3.8, 4) is 0 Å². The lowest BCUT2D eigenvalue weighted by atomic mass is 10.1. The monoisotopic (exact) mass is 214 g/mol. The molecule has 0 radical (unpaired) electrons. The quantitative estimate of drug-likeness (QED) is 0.198. The summed E-state index contributed by atoms with van der Waals surface area (Å²) in [6.07, 6.45) is 4.76. The van der Waals surface area contributed by atoms with E-state index in [-0.39, 0.29) is 0 Å². The molecule has 0 amide bonds. The van der Waals surface area contributed by atoms with Gasteiger partial charge in [0.15, 0.2) is 0 Å². The lowest BCUT2D eigenvalue weighted by Gasteiger charge is -2.09. The van der Waals surface area contributed by atoms with Crippen LogP contribution in [0.25, 0.3) is 0 Å². The number of unbranched alkanes of at least 4 members (excludes halogenated alkanes) is 1. The van der Waals surface area contributed by atoms with E-state index in [4.69, 9.17) is 5.84 Å². The van der Waals surface area contributed by atoms with Gasteiger partial charge in [-0.1, -0.05) is 33.6 Å². The summed E-state index contributed by atoms with van der Waals surface area (Å²) in [6.45, 7) is 8.37. The topological polar surface area (TPSA) is 62.4 Å². The molecule has 0 saturated heterocycles. The van der Waals surface area contributed by atoms with Crippen LogP contribution in [0, 0.1) is 5.92 Å². The second-order valence-corrected chi connectivity index (χ2v) is 4.19. The molecular formula is C11H26N4. The zero-order valence-electron chi connectivity index (χ0n) is 10.3. The summed E-state index contributed by atoms with van der Waals surface area (Å²) in [6, 6.07) is 0. The van der Waals surface area contributed by atoms with Gasteiger partial charge in [0, 0.05) is 13.1 Å². The molecular weight excluding hydrogens is 188 g/mol. The Hall–Kier alpha value is -0.770. The minimum absolute atomic E-state index is 0.710. The van der Waals surface area contributed by atoms with Gasteiger partial charge in [-0.25, -0.2) is 5.84 Å². The van der Waals surface area contributed by atoms with Crippen molar-refractivity contribution in [1.82, 2.24) is 10.7 Å². The summed E-state index contributed by atoms with van der Waals surface area (Å²) in [4.78, 5) is 4.26. The fourth-order valence-electron chi connectivity index (χ4n) is 1.26. The Labute approximate surface area is 93.7 Å². The molecule has 4 heteroatoms. The average molecular weight is 214 g/mol. The molecule has 0 unspecified atom stereocenters. The van der Waals surface area contributed by atoms with Crippen LogP contribution in [-0.4, -0.2) is 19.0 Å². The van der Waals surface area contributed by atoms with Crippen molar-refractivity contribution in [1.29, 1.82) is 0 Å². The van der Waals surface area contributed by atoms with Crippen molar-refractivity contribution in [2.24, 2.45) is 16.8 Å². The number of nitrogens with zero attached hydrogens (tertiary/aromatic N) is 1. The fraction of sp³-hybridized carbons (Fsp3) is 0.909. The smallest absolute Gasteiger partial charge is 0.205 e. The highest BCUT2D eigenvalue weighted by molar-refractivity contribution is 5.79. The number of nitrogens with one attached hydrogen (secondary N) is 2. The van der Waals surface area contributed by atoms with Crippen LogP contribution in [0.1, 0.15) is 46.5 Å². The van der Waals surface area contributed by atoms with Crippen molar-refractivity contribution in [3.05, 3.63) is 0 Å². The first kappa shape index (κ1) is 14.2. The summed E-state index contributed by atoms with van der Waals surface area (Å²) < 4.78 is 0. The third-order valence-electron chi connectivity index (χ3n) is 2.13. The van der Waals surface area contributed by atoms with Gasteiger partial charge >= 0.3 is 0 Å². The van der Waals surface area contributed by atoms with Gasteiger partial charge in [-0.2, -0.15) is 0 Å². The van der Waals surface area contributed by atoms with Gasteiger partial charge in [-0.05, 0) is 18.8 Å². The molecule has 15 heavy (non-hydrogen) atoms. The van der Waals surface area contributed by atoms with Gasteiger partial charge in [0.2, 0.25) is 5.96 Å². The largest absolute Gasteiger partial charge is 0.355 e. The minimum atomic E-state index is 0.710. The van der Waals surface area contributed by atoms with Crippen LogP contribution in [-0.2, 0) is 0 Å². The molecule has 0 aliphatic carbocycles. The zero-order chi connectivity index (χ0) is 11.5. The Bertz CT molecular complexity index is 166. The number of nitrogens with two attached hydrogens (primary N) is 1. The zero-order valence-corrected chi connectivity index (χ0v) is 10.3. The fourth-order valence-corrected chi connectivity index (χ4v) is 1.26. The van der Waals surface area contributed by atoms with Gasteiger partial charge in [-0.15, -0.1) is 0 Å². The highest BCUT2D eigenvalue weighted by Gasteiger charge is 1.96. The Kier molecular flexibility index (Phi) is 9.27. The van der Waals surface area contributed by atoms with Gasteiger partial charge in [-0.3, -0.25) is 10.4 Å². The summed E-state index contributed by atoms with van der Waals surface area (Å²) >= 11 is 0. The molecule has 4 nitrogen and oxygen atoms in total. The third kappa shape index (κ3) is 9.53. The third-order valence-corrected chi connectivity index (χ3v) is 2.13. The van der Waals surface area contributed by atoms with E-state index >= 15 is 0 Å². The molecule has 4 N–H and O–H groups in total. The van der Waals surface area contributed by atoms with E-state index in [1.54, 1.807) is 0 Å². The van der Waals surface area contributed by atoms with Crippen LogP contribution < -0.4 is 16.6 Å². The van der Waals surface area contributed by atoms with E-state index in [1.807, 2.05) is 0 Å². The van der Waals surface area contributed by atoms with Gasteiger partial charge in [0.25, 0.3) is 0 Å². The first-order valence-corrected chi connectivity index (χ1v) is 5.95. The van der Waals surface area contributed by atoms with Crippen LogP contribution >= 0.6 is 0 Å². The van der Waals surface area contributed by atoms with Gasteiger partial charge in [0.05, 0.1) is 0 Å². The molecule has 0 fully saturated rings. The van der Waals surface area contributed by atoms with E-state index < -0.39 is 0 Å². The molecule has 0 aromatic rings. The first-order valence-electron chi connectivity index (χ1n) is 5.95. The Balaban J connectivity index is 3.46. The Morgan fingerprint density at radius 3 is 2.60 bits per heavy atom. The number of rotatable bonds is 7. The SMILES string of the molecule is CCCN=C(NN)NCCCCC(C)C. The van der Waals surface area contributed by atoms with Crippen LogP contribution in [0.15, 0.2) is 4.99 Å². The highest BCUT2D eigenvalue weighted by atomic mass is 15.3. The van der Waals surface area contributed by atoms with Crippen LogP contribution in [0.5, 0.6) is 0 Å². The number of aliphatic imine (C=N–C) groups is 1. The molecule has 0 aliphatic heterocycles. The molecule has 0 atom stereocenters. The molecule has 0 aromatic heterocycles. The molecule has 0 heterocycles. The van der Waals surface area contributed by atoms with E-state index in [1.165, 1.54) is 19.3 Å². The standard InChI is InChI=1S/C11H26N4/c1-4-8-13-11(15-12)14-9-6-5-7-10(2)3/h10H,4-9,12H2,1-3H3,(H2,13,14,15). The lowest BCUT2D eigenvalue weighted by Crippen LogP contribution is -2.42. The maximum absolute atomic E-state index is 5.33. The van der Waals surface area contributed by atoms with Crippen molar-refractivity contribution < 1.29 is 0 Å². The number of hydrazine groups is 1. The maximum atomic E-state index is 5.33. The molecule has 0 rings (SSSR count). The summed E-state index contributed by atoms with van der Waals surface area (Å²) in [5.41, 5.74) is 2.58. The highest BCUT2D eigenvalue weighted by Crippen LogP contribution is 2.04. The first-order chi connectivity index (χ1) is 7.20. The van der Waals surface area contributed by atoms with Crippen molar-refractivity contribution in [2.45, 2.75) is 46.5 Å². The molecule has 0 aromatic carbocycles. The van der Waals surface area contributed by atoms with Crippen molar-refractivity contribution in [3.63, 3.8) is 0 Å². The predicted molar refractivity (Wildman–Crippen MR) is 66.6 cm³/mol. The van der Waals surface area contributed by atoms with Crippen LogP contribution in [0.4, 0.5) is 0 Å².